The van der Waals surface area contributed by atoms with Crippen LogP contribution in [-0.4, -0.2) is 39.0 Å². The molecule has 2 N–H and O–H groups in total. The molecule has 0 spiro atoms. The number of nitrogens with one attached hydrogen (secondary N) is 2. The summed E-state index contributed by atoms with van der Waals surface area (Å²) in [5.41, 5.74) is 1.76. The molecule has 9 heteroatoms. The molecule has 3 rings (SSSR count). The van der Waals surface area contributed by atoms with Crippen molar-refractivity contribution in [1.82, 2.24) is 25.4 Å². The van der Waals surface area contributed by atoms with Gasteiger partial charge in [0.05, 0.1) is 10.6 Å². The smallest absolute Gasteiger partial charge is 0.321 e. The Labute approximate surface area is 180 Å². The first kappa shape index (κ1) is 21.8. The minimum Gasteiger partial charge on any atom is -0.338 e. The number of thioether (sulfide) groups is 1. The molecule has 1 aliphatic carbocycles. The van der Waals surface area contributed by atoms with E-state index in [2.05, 4.69) is 47.7 Å². The fourth-order valence-corrected chi connectivity index (χ4v) is 5.47. The zero-order chi connectivity index (χ0) is 21.2. The van der Waals surface area contributed by atoms with Gasteiger partial charge in [0.25, 0.3) is 0 Å². The number of nitrogens with zero attached hydrogens (tertiary/aromatic N) is 3. The second-order valence-electron chi connectivity index (χ2n) is 8.43. The van der Waals surface area contributed by atoms with Gasteiger partial charge in [-0.2, -0.15) is 0 Å². The van der Waals surface area contributed by atoms with Crippen LogP contribution in [0.3, 0.4) is 0 Å². The van der Waals surface area contributed by atoms with Crippen LogP contribution in [0.15, 0.2) is 11.2 Å². The summed E-state index contributed by atoms with van der Waals surface area (Å²) in [4.78, 5) is 25.9. The summed E-state index contributed by atoms with van der Waals surface area (Å²) in [6.07, 6.45) is 3.48. The predicted molar refractivity (Wildman–Crippen MR) is 117 cm³/mol. The van der Waals surface area contributed by atoms with Crippen molar-refractivity contribution in [1.29, 1.82) is 0 Å². The molecule has 29 heavy (non-hydrogen) atoms. The molecule has 0 saturated carbocycles. The number of hydrogen-bond donors (Lipinski definition) is 2. The third-order valence-electron chi connectivity index (χ3n) is 5.29. The normalized spacial score (nSPS) is 16.4. The van der Waals surface area contributed by atoms with Gasteiger partial charge in [-0.25, -0.2) is 4.79 Å². The summed E-state index contributed by atoms with van der Waals surface area (Å²) < 4.78 is 1.92. The molecule has 3 amide bonds. The van der Waals surface area contributed by atoms with Crippen LogP contribution in [0.2, 0.25) is 0 Å². The number of thiophene rings is 1. The van der Waals surface area contributed by atoms with Gasteiger partial charge in [0.1, 0.15) is 0 Å². The highest BCUT2D eigenvalue weighted by atomic mass is 32.2. The standard InChI is InChI=1S/C20H29N5O2S2/c1-6-21-18(27)22-16(26)11-28-19-24-23-17(25(19)5)15-10-12-9-13(20(2,3)4)7-8-14(12)29-15/h10,13H,6-9,11H2,1-5H3,(H2,21,22,26,27). The van der Waals surface area contributed by atoms with Gasteiger partial charge in [0.2, 0.25) is 5.91 Å². The molecule has 7 nitrogen and oxygen atoms in total. The zero-order valence-corrected chi connectivity index (χ0v) is 19.3. The van der Waals surface area contributed by atoms with Crippen LogP contribution in [0, 0.1) is 11.3 Å². The molecular weight excluding hydrogens is 406 g/mol. The number of aromatic nitrogens is 3. The van der Waals surface area contributed by atoms with Crippen molar-refractivity contribution in [3.63, 3.8) is 0 Å². The van der Waals surface area contributed by atoms with Crippen LogP contribution in [0.5, 0.6) is 0 Å². The molecule has 0 aromatic carbocycles. The van der Waals surface area contributed by atoms with Crippen LogP contribution in [0.4, 0.5) is 4.79 Å². The Morgan fingerprint density at radius 2 is 2.10 bits per heavy atom. The van der Waals surface area contributed by atoms with E-state index in [-0.39, 0.29) is 11.7 Å². The van der Waals surface area contributed by atoms with E-state index in [1.54, 1.807) is 18.3 Å². The van der Waals surface area contributed by atoms with E-state index in [1.807, 2.05) is 11.6 Å². The average molecular weight is 436 g/mol. The number of fused-ring (bicyclic) bond motifs is 1. The highest BCUT2D eigenvalue weighted by molar-refractivity contribution is 7.99. The van der Waals surface area contributed by atoms with E-state index in [4.69, 9.17) is 0 Å². The van der Waals surface area contributed by atoms with E-state index in [9.17, 15) is 9.59 Å². The lowest BCUT2D eigenvalue weighted by Crippen LogP contribution is -2.40. The first-order chi connectivity index (χ1) is 13.7. The number of hydrogen-bond acceptors (Lipinski definition) is 6. The highest BCUT2D eigenvalue weighted by Gasteiger charge is 2.30. The van der Waals surface area contributed by atoms with Gasteiger partial charge < -0.3 is 9.88 Å². The molecule has 1 atom stereocenters. The van der Waals surface area contributed by atoms with Crippen molar-refractivity contribution in [3.05, 3.63) is 16.5 Å². The van der Waals surface area contributed by atoms with Crippen molar-refractivity contribution in [2.24, 2.45) is 18.4 Å². The monoisotopic (exact) mass is 435 g/mol. The second-order valence-corrected chi connectivity index (χ2v) is 10.5. The van der Waals surface area contributed by atoms with E-state index in [0.717, 1.165) is 23.5 Å². The Bertz CT molecular complexity index is 897. The Kier molecular flexibility index (Phi) is 6.68. The molecule has 0 saturated heterocycles. The van der Waals surface area contributed by atoms with Gasteiger partial charge in [0.15, 0.2) is 11.0 Å². The lowest BCUT2D eigenvalue weighted by molar-refractivity contribution is -0.117. The summed E-state index contributed by atoms with van der Waals surface area (Å²) >= 11 is 3.07. The summed E-state index contributed by atoms with van der Waals surface area (Å²) in [6, 6.07) is 1.78. The van der Waals surface area contributed by atoms with E-state index >= 15 is 0 Å². The molecule has 0 radical (unpaired) electrons. The molecule has 2 heterocycles. The SMILES string of the molecule is CCNC(=O)NC(=O)CSc1nnc(-c2cc3c(s2)CCC(C(C)(C)C)C3)n1C. The van der Waals surface area contributed by atoms with Gasteiger partial charge in [-0.15, -0.1) is 21.5 Å². The molecule has 0 aliphatic heterocycles. The topological polar surface area (TPSA) is 88.9 Å². The minimum atomic E-state index is -0.477. The molecule has 1 unspecified atom stereocenters. The quantitative estimate of drug-likeness (QED) is 0.700. The van der Waals surface area contributed by atoms with Gasteiger partial charge in [0, 0.05) is 18.5 Å². The third kappa shape index (κ3) is 5.19. The van der Waals surface area contributed by atoms with Crippen molar-refractivity contribution < 1.29 is 9.59 Å². The summed E-state index contributed by atoms with van der Waals surface area (Å²) in [5.74, 6) is 1.28. The number of imide groups is 1. The Morgan fingerprint density at radius 3 is 2.79 bits per heavy atom. The number of amides is 3. The molecule has 2 aromatic rings. The first-order valence-corrected chi connectivity index (χ1v) is 11.7. The van der Waals surface area contributed by atoms with Gasteiger partial charge in [-0.1, -0.05) is 32.5 Å². The summed E-state index contributed by atoms with van der Waals surface area (Å²) in [5, 5.41) is 14.1. The van der Waals surface area contributed by atoms with Crippen molar-refractivity contribution in [3.8, 4) is 10.7 Å². The van der Waals surface area contributed by atoms with Gasteiger partial charge in [-0.05, 0) is 49.1 Å². The van der Waals surface area contributed by atoms with E-state index in [0.29, 0.717) is 23.0 Å². The van der Waals surface area contributed by atoms with Crippen molar-refractivity contribution in [2.75, 3.05) is 12.3 Å². The fraction of sp³-hybridized carbons (Fsp3) is 0.600. The molecule has 0 bridgehead atoms. The molecular formula is C20H29N5O2S2. The third-order valence-corrected chi connectivity index (χ3v) is 7.54. The lowest BCUT2D eigenvalue weighted by atomic mass is 9.72. The molecule has 2 aromatic heterocycles. The number of aryl methyl sites for hydroxylation is 1. The number of rotatable bonds is 5. The largest absolute Gasteiger partial charge is 0.338 e. The van der Waals surface area contributed by atoms with Crippen LogP contribution in [0.1, 0.15) is 44.6 Å². The van der Waals surface area contributed by atoms with Crippen molar-refractivity contribution in [2.45, 2.75) is 52.1 Å². The van der Waals surface area contributed by atoms with Crippen LogP contribution >= 0.6 is 23.1 Å². The van der Waals surface area contributed by atoms with Gasteiger partial charge >= 0.3 is 6.03 Å². The second kappa shape index (κ2) is 8.87. The summed E-state index contributed by atoms with van der Waals surface area (Å²) in [7, 11) is 1.91. The molecule has 0 fully saturated rings. The van der Waals surface area contributed by atoms with Crippen LogP contribution in [0.25, 0.3) is 10.7 Å². The maximum Gasteiger partial charge on any atom is 0.321 e. The highest BCUT2D eigenvalue weighted by Crippen LogP contribution is 2.42. The van der Waals surface area contributed by atoms with Crippen molar-refractivity contribution >= 4 is 35.0 Å². The summed E-state index contributed by atoms with van der Waals surface area (Å²) in [6.45, 7) is 9.24. The number of urea groups is 1. The zero-order valence-electron chi connectivity index (χ0n) is 17.7. The maximum atomic E-state index is 11.9. The van der Waals surface area contributed by atoms with E-state index in [1.165, 1.54) is 28.6 Å². The Hall–Kier alpha value is -1.87. The lowest BCUT2D eigenvalue weighted by Gasteiger charge is -2.33. The van der Waals surface area contributed by atoms with Crippen LogP contribution in [-0.2, 0) is 24.7 Å². The van der Waals surface area contributed by atoms with Crippen LogP contribution < -0.4 is 10.6 Å². The predicted octanol–water partition coefficient (Wildman–Crippen LogP) is 3.63. The fourth-order valence-electron chi connectivity index (χ4n) is 3.53. The minimum absolute atomic E-state index is 0.108. The first-order valence-electron chi connectivity index (χ1n) is 9.90. The molecule has 158 valence electrons. The Balaban J connectivity index is 1.67. The Morgan fingerprint density at radius 1 is 1.34 bits per heavy atom. The number of carbonyl (C=O) groups is 2. The van der Waals surface area contributed by atoms with E-state index < -0.39 is 6.03 Å². The number of carbonyl (C=O) groups excluding carboxylic acids is 2. The molecule has 1 aliphatic rings. The average Bonchev–Trinajstić information content (AvgIpc) is 3.21. The van der Waals surface area contributed by atoms with Gasteiger partial charge in [-0.3, -0.25) is 10.1 Å². The maximum absolute atomic E-state index is 11.9.